The van der Waals surface area contributed by atoms with Crippen LogP contribution >= 0.6 is 0 Å². The number of carbonyl (C=O) groups is 2. The van der Waals surface area contributed by atoms with Gasteiger partial charge in [0.05, 0.1) is 0 Å². The van der Waals surface area contributed by atoms with Crippen LogP contribution in [-0.2, 0) is 9.59 Å². The van der Waals surface area contributed by atoms with Crippen molar-refractivity contribution in [3.63, 3.8) is 0 Å². The Labute approximate surface area is 116 Å². The first-order valence-electron chi connectivity index (χ1n) is 7.59. The maximum absolute atomic E-state index is 12.5. The van der Waals surface area contributed by atoms with E-state index in [1.54, 1.807) is 0 Å². The summed E-state index contributed by atoms with van der Waals surface area (Å²) in [6.45, 7) is 9.08. The number of nitrogens with one attached hydrogen (secondary N) is 1. The molecule has 4 heteroatoms. The number of amides is 2. The van der Waals surface area contributed by atoms with Crippen LogP contribution in [0.15, 0.2) is 0 Å². The zero-order valence-corrected chi connectivity index (χ0v) is 12.7. The van der Waals surface area contributed by atoms with E-state index in [9.17, 15) is 9.59 Å². The second kappa shape index (κ2) is 7.51. The normalized spacial score (nSPS) is 23.8. The Bertz CT molecular complexity index is 317. The van der Waals surface area contributed by atoms with Crippen LogP contribution in [0.4, 0.5) is 0 Å². The maximum atomic E-state index is 12.5. The van der Waals surface area contributed by atoms with Crippen LogP contribution in [0.3, 0.4) is 0 Å². The average Bonchev–Trinajstić information content (AvgIpc) is 2.50. The number of hydrogen-bond donors (Lipinski definition) is 1. The molecule has 1 N–H and O–H groups in total. The molecule has 1 heterocycles. The van der Waals surface area contributed by atoms with Crippen LogP contribution in [0, 0.1) is 5.92 Å². The van der Waals surface area contributed by atoms with E-state index in [0.717, 1.165) is 25.7 Å². The van der Waals surface area contributed by atoms with E-state index < -0.39 is 0 Å². The van der Waals surface area contributed by atoms with Gasteiger partial charge in [0.2, 0.25) is 11.8 Å². The summed E-state index contributed by atoms with van der Waals surface area (Å²) in [5, 5.41) is 2.85. The molecule has 0 aromatic carbocycles. The molecule has 0 aliphatic carbocycles. The van der Waals surface area contributed by atoms with Gasteiger partial charge in [-0.15, -0.1) is 0 Å². The first-order valence-corrected chi connectivity index (χ1v) is 7.59. The van der Waals surface area contributed by atoms with Crippen molar-refractivity contribution >= 4 is 11.8 Å². The molecule has 110 valence electrons. The predicted octanol–water partition coefficient (Wildman–Crippen LogP) is 2.33. The molecule has 19 heavy (non-hydrogen) atoms. The fourth-order valence-electron chi connectivity index (χ4n) is 2.66. The van der Waals surface area contributed by atoms with Gasteiger partial charge in [-0.25, -0.2) is 0 Å². The van der Waals surface area contributed by atoms with Crippen molar-refractivity contribution in [2.24, 2.45) is 5.92 Å². The number of carbonyl (C=O) groups excluding carboxylic acids is 2. The molecule has 1 rings (SSSR count). The molecule has 0 spiro atoms. The predicted molar refractivity (Wildman–Crippen MR) is 76.7 cm³/mol. The second-order valence-electron chi connectivity index (χ2n) is 5.79. The topological polar surface area (TPSA) is 49.4 Å². The lowest BCUT2D eigenvalue weighted by molar-refractivity contribution is -0.135. The van der Waals surface area contributed by atoms with Gasteiger partial charge in [-0.3, -0.25) is 9.59 Å². The summed E-state index contributed by atoms with van der Waals surface area (Å²) in [6, 6.07) is -0.103. The van der Waals surface area contributed by atoms with Crippen molar-refractivity contribution in [2.45, 2.75) is 71.9 Å². The Hall–Kier alpha value is -1.06. The Morgan fingerprint density at radius 1 is 1.32 bits per heavy atom. The molecule has 0 aromatic rings. The molecule has 3 unspecified atom stereocenters. The van der Waals surface area contributed by atoms with Crippen LogP contribution in [0.1, 0.15) is 59.8 Å². The van der Waals surface area contributed by atoms with Crippen molar-refractivity contribution in [3.05, 3.63) is 0 Å². The van der Waals surface area contributed by atoms with Gasteiger partial charge in [0.15, 0.2) is 0 Å². The Balaban J connectivity index is 2.74. The largest absolute Gasteiger partial charge is 0.344 e. The standard InChI is InChI=1S/C15H28N2O2/c1-5-7-13-15(19)17(9-8-14(18)16-13)12(4)10-11(3)6-2/h11-13H,5-10H2,1-4H3,(H,16,18). The van der Waals surface area contributed by atoms with E-state index in [2.05, 4.69) is 26.1 Å². The Morgan fingerprint density at radius 3 is 2.58 bits per heavy atom. The highest BCUT2D eigenvalue weighted by molar-refractivity contribution is 5.90. The van der Waals surface area contributed by atoms with E-state index >= 15 is 0 Å². The summed E-state index contributed by atoms with van der Waals surface area (Å²) in [7, 11) is 0. The summed E-state index contributed by atoms with van der Waals surface area (Å²) >= 11 is 0. The zero-order chi connectivity index (χ0) is 14.4. The lowest BCUT2D eigenvalue weighted by Gasteiger charge is -2.31. The molecule has 1 aliphatic heterocycles. The summed E-state index contributed by atoms with van der Waals surface area (Å²) in [5.41, 5.74) is 0. The Kier molecular flexibility index (Phi) is 6.32. The van der Waals surface area contributed by atoms with Crippen molar-refractivity contribution in [1.29, 1.82) is 0 Å². The zero-order valence-electron chi connectivity index (χ0n) is 12.7. The molecule has 4 nitrogen and oxygen atoms in total. The third-order valence-electron chi connectivity index (χ3n) is 4.05. The van der Waals surface area contributed by atoms with E-state index in [1.807, 2.05) is 11.8 Å². The van der Waals surface area contributed by atoms with Crippen molar-refractivity contribution < 1.29 is 9.59 Å². The van der Waals surface area contributed by atoms with Crippen LogP contribution in [-0.4, -0.2) is 35.3 Å². The number of hydrogen-bond acceptors (Lipinski definition) is 2. The van der Waals surface area contributed by atoms with Crippen molar-refractivity contribution in [2.75, 3.05) is 6.54 Å². The molecular weight excluding hydrogens is 240 g/mol. The molecule has 1 saturated heterocycles. The van der Waals surface area contributed by atoms with E-state index in [4.69, 9.17) is 0 Å². The summed E-state index contributed by atoms with van der Waals surface area (Å²) in [4.78, 5) is 26.1. The molecular formula is C15H28N2O2. The Morgan fingerprint density at radius 2 is 2.00 bits per heavy atom. The fraction of sp³-hybridized carbons (Fsp3) is 0.867. The van der Waals surface area contributed by atoms with Gasteiger partial charge in [0, 0.05) is 19.0 Å². The summed E-state index contributed by atoms with van der Waals surface area (Å²) in [6.07, 6.45) is 4.20. The first kappa shape index (κ1) is 16.0. The van der Waals surface area contributed by atoms with Gasteiger partial charge in [-0.1, -0.05) is 33.6 Å². The quantitative estimate of drug-likeness (QED) is 0.803. The van der Waals surface area contributed by atoms with Crippen molar-refractivity contribution in [1.82, 2.24) is 10.2 Å². The summed E-state index contributed by atoms with van der Waals surface area (Å²) in [5.74, 6) is 0.716. The van der Waals surface area contributed by atoms with Gasteiger partial charge >= 0.3 is 0 Å². The molecule has 0 aromatic heterocycles. The van der Waals surface area contributed by atoms with E-state index in [1.165, 1.54) is 0 Å². The van der Waals surface area contributed by atoms with E-state index in [-0.39, 0.29) is 23.9 Å². The lowest BCUT2D eigenvalue weighted by Crippen LogP contribution is -2.48. The molecule has 0 radical (unpaired) electrons. The van der Waals surface area contributed by atoms with Crippen LogP contribution < -0.4 is 5.32 Å². The van der Waals surface area contributed by atoms with Crippen LogP contribution in [0.2, 0.25) is 0 Å². The van der Waals surface area contributed by atoms with Gasteiger partial charge in [-0.2, -0.15) is 0 Å². The van der Waals surface area contributed by atoms with Crippen LogP contribution in [0.5, 0.6) is 0 Å². The smallest absolute Gasteiger partial charge is 0.245 e. The minimum atomic E-state index is -0.320. The molecule has 1 aliphatic rings. The first-order chi connectivity index (χ1) is 8.99. The van der Waals surface area contributed by atoms with Crippen LogP contribution in [0.25, 0.3) is 0 Å². The molecule has 1 fully saturated rings. The van der Waals surface area contributed by atoms with Gasteiger partial charge in [-0.05, 0) is 25.7 Å². The number of rotatable bonds is 6. The highest BCUT2D eigenvalue weighted by Crippen LogP contribution is 2.18. The monoisotopic (exact) mass is 268 g/mol. The SMILES string of the molecule is CCCC1NC(=O)CCN(C(C)CC(C)CC)C1=O. The van der Waals surface area contributed by atoms with Crippen molar-refractivity contribution in [3.8, 4) is 0 Å². The molecule has 0 saturated carbocycles. The second-order valence-corrected chi connectivity index (χ2v) is 5.79. The highest BCUT2D eigenvalue weighted by atomic mass is 16.2. The fourth-order valence-corrected chi connectivity index (χ4v) is 2.66. The molecule has 3 atom stereocenters. The summed E-state index contributed by atoms with van der Waals surface area (Å²) < 4.78 is 0. The lowest BCUT2D eigenvalue weighted by atomic mass is 9.98. The van der Waals surface area contributed by atoms with E-state index in [0.29, 0.717) is 18.9 Å². The molecule has 0 bridgehead atoms. The van der Waals surface area contributed by atoms with Gasteiger partial charge < -0.3 is 10.2 Å². The number of nitrogens with zero attached hydrogens (tertiary/aromatic N) is 1. The van der Waals surface area contributed by atoms with Gasteiger partial charge in [0.25, 0.3) is 0 Å². The highest BCUT2D eigenvalue weighted by Gasteiger charge is 2.31. The third-order valence-corrected chi connectivity index (χ3v) is 4.05. The average molecular weight is 268 g/mol. The maximum Gasteiger partial charge on any atom is 0.245 e. The third kappa shape index (κ3) is 4.51. The minimum absolute atomic E-state index is 0.00467. The minimum Gasteiger partial charge on any atom is -0.344 e. The molecule has 2 amide bonds. The van der Waals surface area contributed by atoms with Gasteiger partial charge in [0.1, 0.15) is 6.04 Å².